The van der Waals surface area contributed by atoms with Crippen molar-refractivity contribution in [3.8, 4) is 0 Å². The molecule has 0 saturated carbocycles. The molecular formula is C13H18OS. The van der Waals surface area contributed by atoms with Gasteiger partial charge in [0.25, 0.3) is 0 Å². The van der Waals surface area contributed by atoms with Gasteiger partial charge < -0.3 is 4.74 Å². The Kier molecular flexibility index (Phi) is 4.76. The van der Waals surface area contributed by atoms with E-state index in [1.807, 2.05) is 0 Å². The number of methoxy groups -OCH3 is 1. The number of ether oxygens (including phenoxy) is 1. The molecule has 0 bridgehead atoms. The smallest absolute Gasteiger partial charge is 0.153 e. The van der Waals surface area contributed by atoms with E-state index < -0.39 is 0 Å². The van der Waals surface area contributed by atoms with Crippen molar-refractivity contribution in [3.05, 3.63) is 40.5 Å². The Morgan fingerprint density at radius 3 is 2.73 bits per heavy atom. The molecular weight excluding hydrogens is 204 g/mol. The van der Waals surface area contributed by atoms with Crippen molar-refractivity contribution < 1.29 is 4.74 Å². The molecule has 0 aliphatic heterocycles. The van der Waals surface area contributed by atoms with Crippen LogP contribution in [0.5, 0.6) is 0 Å². The van der Waals surface area contributed by atoms with Crippen LogP contribution in [0.3, 0.4) is 0 Å². The molecule has 0 radical (unpaired) electrons. The second-order valence-electron chi connectivity index (χ2n) is 3.51. The van der Waals surface area contributed by atoms with E-state index in [1.54, 1.807) is 18.9 Å². The van der Waals surface area contributed by atoms with E-state index >= 15 is 0 Å². The van der Waals surface area contributed by atoms with Crippen LogP contribution < -0.4 is 0 Å². The van der Waals surface area contributed by atoms with Gasteiger partial charge in [-0.25, -0.2) is 0 Å². The van der Waals surface area contributed by atoms with Gasteiger partial charge in [-0.1, -0.05) is 30.8 Å². The maximum atomic E-state index is 5.31. The lowest BCUT2D eigenvalue weighted by molar-refractivity contribution is 0.323. The van der Waals surface area contributed by atoms with Gasteiger partial charge in [0, 0.05) is 4.90 Å². The maximum absolute atomic E-state index is 5.31. The first-order chi connectivity index (χ1) is 7.17. The van der Waals surface area contributed by atoms with E-state index in [2.05, 4.69) is 45.0 Å². The van der Waals surface area contributed by atoms with Crippen molar-refractivity contribution in [2.45, 2.75) is 32.1 Å². The molecule has 1 rings (SSSR count). The highest BCUT2D eigenvalue weighted by molar-refractivity contribution is 8.03. The van der Waals surface area contributed by atoms with Crippen molar-refractivity contribution >= 4 is 11.8 Å². The minimum absolute atomic E-state index is 0.978. The van der Waals surface area contributed by atoms with E-state index in [-0.39, 0.29) is 0 Å². The summed E-state index contributed by atoms with van der Waals surface area (Å²) in [5.74, 6) is 0. The zero-order valence-electron chi connectivity index (χ0n) is 9.83. The molecule has 1 aromatic rings. The number of hydrogen-bond acceptors (Lipinski definition) is 2. The molecule has 1 nitrogen and oxygen atoms in total. The first-order valence-electron chi connectivity index (χ1n) is 5.16. The SMILES string of the molecule is CC/C=C(\OC)Sc1cc(C)ccc1C. The van der Waals surface area contributed by atoms with Gasteiger partial charge >= 0.3 is 0 Å². The number of hydrogen-bond donors (Lipinski definition) is 0. The summed E-state index contributed by atoms with van der Waals surface area (Å²) >= 11 is 1.69. The molecule has 0 heterocycles. The van der Waals surface area contributed by atoms with E-state index in [0.29, 0.717) is 0 Å². The number of rotatable bonds is 4. The van der Waals surface area contributed by atoms with Gasteiger partial charge in [0.1, 0.15) is 0 Å². The molecule has 0 aliphatic carbocycles. The molecule has 0 amide bonds. The van der Waals surface area contributed by atoms with Crippen LogP contribution in [0, 0.1) is 13.8 Å². The second kappa shape index (κ2) is 5.86. The molecule has 0 saturated heterocycles. The van der Waals surface area contributed by atoms with Gasteiger partial charge in [-0.2, -0.15) is 0 Å². The van der Waals surface area contributed by atoms with Crippen molar-refractivity contribution in [1.29, 1.82) is 0 Å². The minimum Gasteiger partial charge on any atom is -0.491 e. The summed E-state index contributed by atoms with van der Waals surface area (Å²) in [5, 5.41) is 0.978. The van der Waals surface area contributed by atoms with Crippen LogP contribution in [0.1, 0.15) is 24.5 Å². The number of aryl methyl sites for hydroxylation is 2. The molecule has 0 aliphatic rings. The van der Waals surface area contributed by atoms with Crippen LogP contribution in [-0.4, -0.2) is 7.11 Å². The average Bonchev–Trinajstić information content (AvgIpc) is 2.22. The fraction of sp³-hybridized carbons (Fsp3) is 0.385. The number of allylic oxidation sites excluding steroid dienone is 1. The zero-order chi connectivity index (χ0) is 11.3. The highest BCUT2D eigenvalue weighted by Crippen LogP contribution is 2.30. The average molecular weight is 222 g/mol. The van der Waals surface area contributed by atoms with Crippen LogP contribution in [0.2, 0.25) is 0 Å². The van der Waals surface area contributed by atoms with Crippen LogP contribution in [0.25, 0.3) is 0 Å². The Morgan fingerprint density at radius 2 is 2.13 bits per heavy atom. The molecule has 0 unspecified atom stereocenters. The molecule has 2 heteroatoms. The molecule has 0 fully saturated rings. The minimum atomic E-state index is 0.978. The molecule has 0 spiro atoms. The van der Waals surface area contributed by atoms with Crippen LogP contribution >= 0.6 is 11.8 Å². The first-order valence-corrected chi connectivity index (χ1v) is 5.98. The molecule has 0 atom stereocenters. The Labute approximate surface area is 96.5 Å². The van der Waals surface area contributed by atoms with Gasteiger partial charge in [-0.05, 0) is 43.5 Å². The summed E-state index contributed by atoms with van der Waals surface area (Å²) < 4.78 is 5.31. The Bertz CT molecular complexity index is 356. The summed E-state index contributed by atoms with van der Waals surface area (Å²) in [6, 6.07) is 6.48. The van der Waals surface area contributed by atoms with Gasteiger partial charge in [-0.3, -0.25) is 0 Å². The maximum Gasteiger partial charge on any atom is 0.153 e. The Morgan fingerprint density at radius 1 is 1.40 bits per heavy atom. The normalized spacial score (nSPS) is 11.6. The number of thioether (sulfide) groups is 1. The largest absolute Gasteiger partial charge is 0.491 e. The molecule has 0 aromatic heterocycles. The fourth-order valence-electron chi connectivity index (χ4n) is 1.26. The number of benzene rings is 1. The molecule has 15 heavy (non-hydrogen) atoms. The Hall–Kier alpha value is -0.890. The van der Waals surface area contributed by atoms with E-state index in [1.165, 1.54) is 16.0 Å². The quantitative estimate of drug-likeness (QED) is 0.555. The van der Waals surface area contributed by atoms with Crippen LogP contribution in [-0.2, 0) is 4.74 Å². The zero-order valence-corrected chi connectivity index (χ0v) is 10.6. The molecule has 0 N–H and O–H groups in total. The van der Waals surface area contributed by atoms with Gasteiger partial charge in [0.2, 0.25) is 0 Å². The topological polar surface area (TPSA) is 9.23 Å². The fourth-order valence-corrected chi connectivity index (χ4v) is 2.28. The van der Waals surface area contributed by atoms with Crippen molar-refractivity contribution in [3.63, 3.8) is 0 Å². The lowest BCUT2D eigenvalue weighted by Crippen LogP contribution is -1.85. The second-order valence-corrected chi connectivity index (χ2v) is 4.55. The molecule has 1 aromatic carbocycles. The summed E-state index contributed by atoms with van der Waals surface area (Å²) in [4.78, 5) is 1.27. The van der Waals surface area contributed by atoms with Crippen LogP contribution in [0.4, 0.5) is 0 Å². The van der Waals surface area contributed by atoms with Crippen molar-refractivity contribution in [1.82, 2.24) is 0 Å². The van der Waals surface area contributed by atoms with Gasteiger partial charge in [-0.15, -0.1) is 0 Å². The van der Waals surface area contributed by atoms with Crippen molar-refractivity contribution in [2.75, 3.05) is 7.11 Å². The summed E-state index contributed by atoms with van der Waals surface area (Å²) in [6.07, 6.45) is 3.10. The third kappa shape index (κ3) is 3.63. The lowest BCUT2D eigenvalue weighted by Gasteiger charge is -2.08. The third-order valence-corrected chi connectivity index (χ3v) is 3.32. The Balaban J connectivity index is 2.87. The summed E-state index contributed by atoms with van der Waals surface area (Å²) in [5.41, 5.74) is 2.58. The van der Waals surface area contributed by atoms with Gasteiger partial charge in [0.05, 0.1) is 7.11 Å². The predicted molar refractivity (Wildman–Crippen MR) is 67.2 cm³/mol. The highest BCUT2D eigenvalue weighted by atomic mass is 32.2. The standard InChI is InChI=1S/C13H18OS/c1-5-6-13(14-4)15-12-9-10(2)7-8-11(12)3/h6-9H,5H2,1-4H3/b13-6+. The third-order valence-electron chi connectivity index (χ3n) is 2.13. The van der Waals surface area contributed by atoms with Gasteiger partial charge in [0.15, 0.2) is 5.09 Å². The van der Waals surface area contributed by atoms with E-state index in [4.69, 9.17) is 4.74 Å². The highest BCUT2D eigenvalue weighted by Gasteiger charge is 2.03. The monoisotopic (exact) mass is 222 g/mol. The summed E-state index contributed by atoms with van der Waals surface area (Å²) in [7, 11) is 1.72. The van der Waals surface area contributed by atoms with E-state index in [9.17, 15) is 0 Å². The summed E-state index contributed by atoms with van der Waals surface area (Å²) in [6.45, 7) is 6.35. The first kappa shape index (κ1) is 12.2. The van der Waals surface area contributed by atoms with Crippen molar-refractivity contribution in [2.24, 2.45) is 0 Å². The molecule has 82 valence electrons. The predicted octanol–water partition coefficient (Wildman–Crippen LogP) is 4.29. The van der Waals surface area contributed by atoms with Crippen LogP contribution in [0.15, 0.2) is 34.3 Å². The lowest BCUT2D eigenvalue weighted by atomic mass is 10.2. The van der Waals surface area contributed by atoms with E-state index in [0.717, 1.165) is 11.5 Å².